The SMILES string of the molecule is CCO[C@@H]1C[C@@H]1C(=O)NCCc1ccc(OCC(=O)O)cc1. The molecule has 0 spiro atoms. The standard InChI is InChI=1S/C16H21NO5/c1-2-21-14-9-13(14)16(20)17-8-7-11-3-5-12(6-4-11)22-10-15(18)19/h3-6,13-14H,2,7-10H2,1H3,(H,17,20)(H,18,19)/t13-,14+/m0/s1. The van der Waals surface area contributed by atoms with Crippen molar-refractivity contribution in [1.29, 1.82) is 0 Å². The van der Waals surface area contributed by atoms with Crippen LogP contribution in [0.25, 0.3) is 0 Å². The molecule has 1 amide bonds. The third kappa shape index (κ3) is 5.04. The Bertz CT molecular complexity index is 514. The number of carbonyl (C=O) groups is 2. The van der Waals surface area contributed by atoms with Crippen molar-refractivity contribution in [3.63, 3.8) is 0 Å². The summed E-state index contributed by atoms with van der Waals surface area (Å²) in [6.45, 7) is 2.79. The summed E-state index contributed by atoms with van der Waals surface area (Å²) in [5.41, 5.74) is 1.06. The highest BCUT2D eigenvalue weighted by molar-refractivity contribution is 5.82. The molecule has 1 aromatic rings. The highest BCUT2D eigenvalue weighted by Crippen LogP contribution is 2.33. The molecule has 0 saturated heterocycles. The van der Waals surface area contributed by atoms with Gasteiger partial charge in [0.25, 0.3) is 0 Å². The molecule has 2 rings (SSSR count). The quantitative estimate of drug-likeness (QED) is 0.717. The molecule has 0 bridgehead atoms. The zero-order chi connectivity index (χ0) is 15.9. The van der Waals surface area contributed by atoms with Gasteiger partial charge in [-0.3, -0.25) is 4.79 Å². The molecule has 1 aromatic carbocycles. The second kappa shape index (κ2) is 7.79. The van der Waals surface area contributed by atoms with E-state index in [1.165, 1.54) is 0 Å². The number of nitrogens with one attached hydrogen (secondary N) is 1. The Morgan fingerprint density at radius 1 is 1.32 bits per heavy atom. The predicted molar refractivity (Wildman–Crippen MR) is 79.8 cm³/mol. The molecule has 0 unspecified atom stereocenters. The van der Waals surface area contributed by atoms with Crippen LogP contribution in [0.5, 0.6) is 5.75 Å². The Morgan fingerprint density at radius 2 is 2.05 bits per heavy atom. The van der Waals surface area contributed by atoms with E-state index in [0.29, 0.717) is 18.9 Å². The zero-order valence-corrected chi connectivity index (χ0v) is 12.6. The second-order valence-electron chi connectivity index (χ2n) is 5.20. The number of aliphatic carboxylic acids is 1. The molecule has 6 nitrogen and oxygen atoms in total. The lowest BCUT2D eigenvalue weighted by atomic mass is 10.1. The van der Waals surface area contributed by atoms with E-state index in [-0.39, 0.29) is 24.5 Å². The van der Waals surface area contributed by atoms with Crippen LogP contribution in [0.4, 0.5) is 0 Å². The summed E-state index contributed by atoms with van der Waals surface area (Å²) in [7, 11) is 0. The van der Waals surface area contributed by atoms with Crippen molar-refractivity contribution in [1.82, 2.24) is 5.32 Å². The van der Waals surface area contributed by atoms with Gasteiger partial charge in [-0.05, 0) is 37.5 Å². The fraction of sp³-hybridized carbons (Fsp3) is 0.500. The summed E-state index contributed by atoms with van der Waals surface area (Å²) < 4.78 is 10.4. The summed E-state index contributed by atoms with van der Waals surface area (Å²) in [6.07, 6.45) is 1.63. The number of carbonyl (C=O) groups excluding carboxylic acids is 1. The summed E-state index contributed by atoms with van der Waals surface area (Å²) in [5, 5.41) is 11.4. The van der Waals surface area contributed by atoms with Crippen LogP contribution in [0.2, 0.25) is 0 Å². The maximum atomic E-state index is 11.8. The van der Waals surface area contributed by atoms with Crippen LogP contribution >= 0.6 is 0 Å². The number of hydrogen-bond acceptors (Lipinski definition) is 4. The monoisotopic (exact) mass is 307 g/mol. The molecule has 1 fully saturated rings. The van der Waals surface area contributed by atoms with Crippen molar-refractivity contribution in [3.05, 3.63) is 29.8 Å². The summed E-state index contributed by atoms with van der Waals surface area (Å²) >= 11 is 0. The van der Waals surface area contributed by atoms with Gasteiger partial charge in [-0.25, -0.2) is 4.79 Å². The van der Waals surface area contributed by atoms with Gasteiger partial charge >= 0.3 is 5.97 Å². The molecule has 1 saturated carbocycles. The molecule has 0 radical (unpaired) electrons. The van der Waals surface area contributed by atoms with Crippen molar-refractivity contribution >= 4 is 11.9 Å². The fourth-order valence-electron chi connectivity index (χ4n) is 2.20. The average Bonchev–Trinajstić information content (AvgIpc) is 3.26. The van der Waals surface area contributed by atoms with Crippen LogP contribution in [-0.4, -0.2) is 42.8 Å². The fourth-order valence-corrected chi connectivity index (χ4v) is 2.20. The molecule has 120 valence electrons. The first kappa shape index (κ1) is 16.3. The van der Waals surface area contributed by atoms with Gasteiger partial charge in [0.2, 0.25) is 5.91 Å². The van der Waals surface area contributed by atoms with Crippen molar-refractivity contribution in [2.24, 2.45) is 5.92 Å². The van der Waals surface area contributed by atoms with E-state index in [1.54, 1.807) is 12.1 Å². The van der Waals surface area contributed by atoms with Crippen LogP contribution in [-0.2, 0) is 20.7 Å². The van der Waals surface area contributed by atoms with E-state index in [1.807, 2.05) is 19.1 Å². The molecular weight excluding hydrogens is 286 g/mol. The maximum absolute atomic E-state index is 11.8. The third-order valence-corrected chi connectivity index (χ3v) is 3.45. The lowest BCUT2D eigenvalue weighted by Gasteiger charge is -2.07. The van der Waals surface area contributed by atoms with Gasteiger partial charge in [-0.1, -0.05) is 12.1 Å². The molecule has 22 heavy (non-hydrogen) atoms. The van der Waals surface area contributed by atoms with Gasteiger partial charge in [0.05, 0.1) is 12.0 Å². The summed E-state index contributed by atoms with van der Waals surface area (Å²) in [4.78, 5) is 22.2. The van der Waals surface area contributed by atoms with Crippen molar-refractivity contribution in [2.45, 2.75) is 25.9 Å². The molecule has 0 aliphatic heterocycles. The van der Waals surface area contributed by atoms with Gasteiger partial charge in [0, 0.05) is 13.2 Å². The summed E-state index contributed by atoms with van der Waals surface area (Å²) in [6, 6.07) is 7.19. The van der Waals surface area contributed by atoms with Gasteiger partial charge in [-0.2, -0.15) is 0 Å². The highest BCUT2D eigenvalue weighted by Gasteiger charge is 2.43. The van der Waals surface area contributed by atoms with Crippen LogP contribution in [0, 0.1) is 5.92 Å². The minimum atomic E-state index is -1.00. The third-order valence-electron chi connectivity index (χ3n) is 3.45. The van der Waals surface area contributed by atoms with Gasteiger partial charge in [0.1, 0.15) is 5.75 Å². The minimum Gasteiger partial charge on any atom is -0.482 e. The Morgan fingerprint density at radius 3 is 2.68 bits per heavy atom. The lowest BCUT2D eigenvalue weighted by Crippen LogP contribution is -2.28. The number of amides is 1. The second-order valence-corrected chi connectivity index (χ2v) is 5.20. The molecule has 1 aliphatic carbocycles. The Balaban J connectivity index is 1.67. The number of ether oxygens (including phenoxy) is 2. The smallest absolute Gasteiger partial charge is 0.341 e. The topological polar surface area (TPSA) is 84.9 Å². The normalized spacial score (nSPS) is 19.5. The van der Waals surface area contributed by atoms with Gasteiger partial charge in [-0.15, -0.1) is 0 Å². The molecule has 1 aliphatic rings. The molecule has 0 aromatic heterocycles. The minimum absolute atomic E-state index is 0.00625. The van der Waals surface area contributed by atoms with Crippen LogP contribution < -0.4 is 10.1 Å². The van der Waals surface area contributed by atoms with E-state index >= 15 is 0 Å². The van der Waals surface area contributed by atoms with Crippen molar-refractivity contribution < 1.29 is 24.2 Å². The molecular formula is C16H21NO5. The molecule has 2 N–H and O–H groups in total. The molecule has 6 heteroatoms. The molecule has 0 heterocycles. The van der Waals surface area contributed by atoms with Crippen molar-refractivity contribution in [3.8, 4) is 5.75 Å². The van der Waals surface area contributed by atoms with Gasteiger partial charge < -0.3 is 19.9 Å². The van der Waals surface area contributed by atoms with E-state index in [0.717, 1.165) is 18.4 Å². The zero-order valence-electron chi connectivity index (χ0n) is 12.6. The van der Waals surface area contributed by atoms with E-state index in [4.69, 9.17) is 14.6 Å². The van der Waals surface area contributed by atoms with Gasteiger partial charge in [0.15, 0.2) is 6.61 Å². The first-order valence-electron chi connectivity index (χ1n) is 7.43. The van der Waals surface area contributed by atoms with E-state index < -0.39 is 5.97 Å². The first-order chi connectivity index (χ1) is 10.6. The largest absolute Gasteiger partial charge is 0.482 e. The lowest BCUT2D eigenvalue weighted by molar-refractivity contribution is -0.139. The number of rotatable bonds is 9. The number of benzene rings is 1. The van der Waals surface area contributed by atoms with Crippen LogP contribution in [0.15, 0.2) is 24.3 Å². The first-order valence-corrected chi connectivity index (χ1v) is 7.43. The number of carboxylic acids is 1. The summed E-state index contributed by atoms with van der Waals surface area (Å²) in [5.74, 6) is -0.420. The Hall–Kier alpha value is -2.08. The Labute approximate surface area is 129 Å². The molecule has 2 atom stereocenters. The van der Waals surface area contributed by atoms with Crippen molar-refractivity contribution in [2.75, 3.05) is 19.8 Å². The highest BCUT2D eigenvalue weighted by atomic mass is 16.5. The number of hydrogen-bond donors (Lipinski definition) is 2. The predicted octanol–water partition coefficient (Wildman–Crippen LogP) is 1.23. The average molecular weight is 307 g/mol. The Kier molecular flexibility index (Phi) is 5.77. The van der Waals surface area contributed by atoms with Crippen LogP contribution in [0.3, 0.4) is 0 Å². The number of carboxylic acid groups (broad SMARTS) is 1. The van der Waals surface area contributed by atoms with Crippen LogP contribution in [0.1, 0.15) is 18.9 Å². The van der Waals surface area contributed by atoms with E-state index in [9.17, 15) is 9.59 Å². The maximum Gasteiger partial charge on any atom is 0.341 e. The van der Waals surface area contributed by atoms with E-state index in [2.05, 4.69) is 5.32 Å².